The van der Waals surface area contributed by atoms with E-state index in [0.717, 1.165) is 0 Å². The molecule has 3 N–H and O–H groups in total. The predicted molar refractivity (Wildman–Crippen MR) is 218 cm³/mol. The normalized spacial score (nSPS) is 38.7. The molecule has 0 radical (unpaired) electrons. The highest BCUT2D eigenvalue weighted by atomic mass is 16.7. The Labute approximate surface area is 361 Å². The molecule has 6 unspecified atom stereocenters. The maximum atomic E-state index is 13.0. The van der Waals surface area contributed by atoms with E-state index in [1.54, 1.807) is 67.6 Å². The first kappa shape index (κ1) is 47.7. The van der Waals surface area contributed by atoms with Gasteiger partial charge in [-0.15, -0.1) is 0 Å². The standard InChI is InChI=1S/C44H61N3O15/c1-23-19-56-43(34(49)33(23)48)61-38-26(4)32(22-55-40(52)30-15-11-8-12-16-30)59-42(28(38)6)60-36-24(2)20-57-44(35(36)50)62-37-25(3)31(21-54-39(51)29-13-9-7-10-14-29)58-41(27(37)5)53-18-17-46-47-45/h7-16,23-28,31-38,41-44,48-50H,17-22H2,1-6H3/t23-,24-,25-,26-,27+,28+,31?,32?,33?,34+,35+,36?,37?,38?,41-,42+,43-,44-/m1/s1. The highest BCUT2D eigenvalue weighted by Gasteiger charge is 2.51. The zero-order valence-corrected chi connectivity index (χ0v) is 36.0. The molecule has 0 aromatic heterocycles. The number of carbonyl (C=O) groups is 2. The van der Waals surface area contributed by atoms with Crippen LogP contribution in [-0.2, 0) is 47.4 Å². The van der Waals surface area contributed by atoms with Gasteiger partial charge in [0.05, 0.1) is 67.6 Å². The number of nitrogens with zero attached hydrogens (tertiary/aromatic N) is 3. The Bertz CT molecular complexity index is 1770. The summed E-state index contributed by atoms with van der Waals surface area (Å²) in [6, 6.07) is 17.1. The van der Waals surface area contributed by atoms with Crippen molar-refractivity contribution in [3.8, 4) is 0 Å². The summed E-state index contributed by atoms with van der Waals surface area (Å²) in [5.41, 5.74) is 9.52. The lowest BCUT2D eigenvalue weighted by molar-refractivity contribution is -0.358. The van der Waals surface area contributed by atoms with Crippen LogP contribution < -0.4 is 0 Å². The SMILES string of the molecule is C[C@@H]1C(COC(=O)c2ccccc2)O[C@@H](OCCN=[N+]=[N-])[C@@H](C)C1O[C@H]1OC[C@@H](C)C(O[C@@H]2OC(COC(=O)c3ccccc3)[C@@H](C)C(O[C@H]3OC[C@@H](C)C(O)[C@@H]3O)[C@@H]2C)[C@@H]1O. The van der Waals surface area contributed by atoms with Crippen molar-refractivity contribution in [2.24, 2.45) is 40.6 Å². The number of ether oxygens (including phenoxy) is 10. The van der Waals surface area contributed by atoms with Crippen LogP contribution in [-0.4, -0.2) is 141 Å². The third-order valence-corrected chi connectivity index (χ3v) is 12.3. The molecule has 4 aliphatic rings. The van der Waals surface area contributed by atoms with Crippen LogP contribution >= 0.6 is 0 Å². The minimum atomic E-state index is -1.33. The number of hydrogen-bond acceptors (Lipinski definition) is 16. The maximum Gasteiger partial charge on any atom is 0.338 e. The van der Waals surface area contributed by atoms with Gasteiger partial charge in [0.15, 0.2) is 25.2 Å². The summed E-state index contributed by atoms with van der Waals surface area (Å²) < 4.78 is 61.9. The average molecular weight is 872 g/mol. The first-order valence-electron chi connectivity index (χ1n) is 21.4. The van der Waals surface area contributed by atoms with Crippen LogP contribution in [0.5, 0.6) is 0 Å². The van der Waals surface area contributed by atoms with Gasteiger partial charge in [0, 0.05) is 47.0 Å². The van der Waals surface area contributed by atoms with Crippen LogP contribution in [0.4, 0.5) is 0 Å². The molecule has 0 amide bonds. The summed E-state index contributed by atoms with van der Waals surface area (Å²) in [4.78, 5) is 28.7. The molecule has 4 saturated heterocycles. The lowest BCUT2D eigenvalue weighted by Gasteiger charge is -2.49. The molecule has 6 rings (SSSR count). The van der Waals surface area contributed by atoms with Gasteiger partial charge in [-0.1, -0.05) is 83.1 Å². The van der Waals surface area contributed by atoms with E-state index in [0.29, 0.717) is 11.1 Å². The highest BCUT2D eigenvalue weighted by Crippen LogP contribution is 2.40. The largest absolute Gasteiger partial charge is 0.459 e. The molecule has 18 nitrogen and oxygen atoms in total. The number of hydrogen-bond donors (Lipinski definition) is 3. The maximum absolute atomic E-state index is 13.0. The van der Waals surface area contributed by atoms with Gasteiger partial charge in [-0.25, -0.2) is 9.59 Å². The van der Waals surface area contributed by atoms with Crippen molar-refractivity contribution in [1.29, 1.82) is 0 Å². The van der Waals surface area contributed by atoms with Crippen molar-refractivity contribution in [3.63, 3.8) is 0 Å². The first-order valence-corrected chi connectivity index (χ1v) is 21.4. The van der Waals surface area contributed by atoms with E-state index in [4.69, 9.17) is 52.9 Å². The Morgan fingerprint density at radius 1 is 0.629 bits per heavy atom. The lowest BCUT2D eigenvalue weighted by atomic mass is 9.85. The van der Waals surface area contributed by atoms with Crippen molar-refractivity contribution in [2.75, 3.05) is 39.6 Å². The average Bonchev–Trinajstić information content (AvgIpc) is 3.28. The second kappa shape index (κ2) is 22.2. The van der Waals surface area contributed by atoms with E-state index in [-0.39, 0.29) is 57.3 Å². The van der Waals surface area contributed by atoms with Gasteiger partial charge in [-0.3, -0.25) is 0 Å². The molecular weight excluding hydrogens is 810 g/mol. The van der Waals surface area contributed by atoms with E-state index >= 15 is 0 Å². The fourth-order valence-electron chi connectivity index (χ4n) is 8.43. The number of aliphatic hydroxyl groups is 3. The minimum absolute atomic E-state index is 0.0631. The van der Waals surface area contributed by atoms with Crippen molar-refractivity contribution in [1.82, 2.24) is 0 Å². The monoisotopic (exact) mass is 871 g/mol. The Hall–Kier alpha value is -3.75. The molecule has 62 heavy (non-hydrogen) atoms. The van der Waals surface area contributed by atoms with Gasteiger partial charge in [0.25, 0.3) is 0 Å². The van der Waals surface area contributed by atoms with Gasteiger partial charge in [0.2, 0.25) is 0 Å². The molecule has 0 aliphatic carbocycles. The Kier molecular flexibility index (Phi) is 17.1. The van der Waals surface area contributed by atoms with E-state index in [2.05, 4.69) is 10.0 Å². The number of benzene rings is 2. The molecule has 4 heterocycles. The fourth-order valence-corrected chi connectivity index (χ4v) is 8.43. The second-order valence-corrected chi connectivity index (χ2v) is 16.9. The molecule has 0 spiro atoms. The van der Waals surface area contributed by atoms with E-state index in [9.17, 15) is 24.9 Å². The molecule has 18 heteroatoms. The number of aliphatic hydroxyl groups excluding tert-OH is 3. The predicted octanol–water partition coefficient (Wildman–Crippen LogP) is 4.24. The molecule has 342 valence electrons. The van der Waals surface area contributed by atoms with Crippen LogP contribution in [0.15, 0.2) is 65.8 Å². The summed E-state index contributed by atoms with van der Waals surface area (Å²) >= 11 is 0. The molecule has 4 aliphatic heterocycles. The van der Waals surface area contributed by atoms with Gasteiger partial charge in [0.1, 0.15) is 25.4 Å². The third kappa shape index (κ3) is 11.5. The third-order valence-electron chi connectivity index (χ3n) is 12.3. The molecule has 4 fully saturated rings. The second-order valence-electron chi connectivity index (χ2n) is 16.9. The molecule has 0 bridgehead atoms. The zero-order chi connectivity index (χ0) is 44.5. The van der Waals surface area contributed by atoms with Crippen LogP contribution in [0, 0.1) is 35.5 Å². The zero-order valence-electron chi connectivity index (χ0n) is 36.0. The number of carbonyl (C=O) groups excluding carboxylic acids is 2. The van der Waals surface area contributed by atoms with E-state index in [1.165, 1.54) is 0 Å². The molecular formula is C44H61N3O15. The quantitative estimate of drug-likeness (QED) is 0.0703. The fraction of sp³-hybridized carbons (Fsp3) is 0.682. The summed E-state index contributed by atoms with van der Waals surface area (Å²) in [5, 5.41) is 37.1. The number of esters is 2. The van der Waals surface area contributed by atoms with Gasteiger partial charge in [-0.05, 0) is 29.8 Å². The van der Waals surface area contributed by atoms with Crippen molar-refractivity contribution < 1.29 is 72.3 Å². The Balaban J connectivity index is 1.17. The summed E-state index contributed by atoms with van der Waals surface area (Å²) in [6.45, 7) is 11.3. The van der Waals surface area contributed by atoms with Crippen molar-refractivity contribution in [3.05, 3.63) is 82.2 Å². The Morgan fingerprint density at radius 3 is 1.63 bits per heavy atom. The van der Waals surface area contributed by atoms with Gasteiger partial charge < -0.3 is 62.7 Å². The van der Waals surface area contributed by atoms with Crippen LogP contribution in [0.25, 0.3) is 10.4 Å². The van der Waals surface area contributed by atoms with Crippen LogP contribution in [0.1, 0.15) is 62.3 Å². The van der Waals surface area contributed by atoms with E-state index in [1.807, 2.05) is 34.6 Å². The number of azide groups is 1. The van der Waals surface area contributed by atoms with Crippen LogP contribution in [0.2, 0.25) is 0 Å². The topological polar surface area (TPSA) is 236 Å². The molecule has 0 saturated carbocycles. The minimum Gasteiger partial charge on any atom is -0.459 e. The highest BCUT2D eigenvalue weighted by molar-refractivity contribution is 5.89. The van der Waals surface area contributed by atoms with Gasteiger partial charge in [-0.2, -0.15) is 0 Å². The van der Waals surface area contributed by atoms with Crippen molar-refractivity contribution >= 4 is 11.9 Å². The van der Waals surface area contributed by atoms with Crippen LogP contribution in [0.3, 0.4) is 0 Å². The Morgan fingerprint density at radius 2 is 1.10 bits per heavy atom. The lowest BCUT2D eigenvalue weighted by Crippen LogP contribution is -2.60. The summed E-state index contributed by atoms with van der Waals surface area (Å²) in [6.07, 6.45) is -11.5. The first-order chi connectivity index (χ1) is 29.8. The molecule has 18 atom stereocenters. The molecule has 2 aromatic rings. The van der Waals surface area contributed by atoms with Gasteiger partial charge >= 0.3 is 11.9 Å². The van der Waals surface area contributed by atoms with Crippen molar-refractivity contribution in [2.45, 2.75) is 116 Å². The smallest absolute Gasteiger partial charge is 0.338 e. The summed E-state index contributed by atoms with van der Waals surface area (Å²) in [7, 11) is 0. The number of rotatable bonds is 16. The van der Waals surface area contributed by atoms with E-state index < -0.39 is 104 Å². The summed E-state index contributed by atoms with van der Waals surface area (Å²) in [5.74, 6) is -3.45. The molecule has 2 aromatic carbocycles.